The minimum atomic E-state index is 0.134. The summed E-state index contributed by atoms with van der Waals surface area (Å²) in [5.74, 6) is 0. The molecule has 1 saturated carbocycles. The van der Waals surface area contributed by atoms with Crippen LogP contribution in [0.15, 0.2) is 24.3 Å². The summed E-state index contributed by atoms with van der Waals surface area (Å²) >= 11 is 6.13. The van der Waals surface area contributed by atoms with Crippen LogP contribution in [0.1, 0.15) is 44.6 Å². The first-order valence-corrected chi connectivity index (χ1v) is 7.77. The van der Waals surface area contributed by atoms with Crippen LogP contribution >= 0.6 is 11.6 Å². The predicted octanol–water partition coefficient (Wildman–Crippen LogP) is 3.48. The molecule has 0 saturated heterocycles. The topological polar surface area (TPSA) is 38.0 Å². The standard InChI is InChI=1S/C16H25ClN2/c1-2-10-19-15-6-8-16(12-18,9-7-15)13-4-3-5-14(17)11-13/h3-5,11,15,19H,2,6-10,12,18H2,1H3. The Hall–Kier alpha value is -0.570. The first kappa shape index (κ1) is 14.8. The van der Waals surface area contributed by atoms with Crippen molar-refractivity contribution < 1.29 is 0 Å². The van der Waals surface area contributed by atoms with Crippen molar-refractivity contribution in [3.8, 4) is 0 Å². The Bertz CT molecular complexity index is 397. The maximum absolute atomic E-state index is 6.13. The molecule has 0 aromatic heterocycles. The van der Waals surface area contributed by atoms with Gasteiger partial charge in [0.1, 0.15) is 0 Å². The van der Waals surface area contributed by atoms with Crippen molar-refractivity contribution >= 4 is 11.6 Å². The Morgan fingerprint density at radius 1 is 1.37 bits per heavy atom. The first-order chi connectivity index (χ1) is 9.20. The monoisotopic (exact) mass is 280 g/mol. The smallest absolute Gasteiger partial charge is 0.0408 e. The van der Waals surface area contributed by atoms with E-state index in [1.165, 1.54) is 24.8 Å². The molecule has 0 unspecified atom stereocenters. The van der Waals surface area contributed by atoms with Crippen LogP contribution in [0.3, 0.4) is 0 Å². The molecule has 2 rings (SSSR count). The Morgan fingerprint density at radius 2 is 2.11 bits per heavy atom. The highest BCUT2D eigenvalue weighted by Gasteiger charge is 2.35. The molecule has 0 atom stereocenters. The van der Waals surface area contributed by atoms with E-state index in [2.05, 4.69) is 24.4 Å². The summed E-state index contributed by atoms with van der Waals surface area (Å²) in [5, 5.41) is 4.45. The maximum Gasteiger partial charge on any atom is 0.0408 e. The SMILES string of the molecule is CCCNC1CCC(CN)(c2cccc(Cl)c2)CC1. The molecule has 0 spiro atoms. The van der Waals surface area contributed by atoms with Gasteiger partial charge in [-0.05, 0) is 56.3 Å². The van der Waals surface area contributed by atoms with Gasteiger partial charge in [-0.15, -0.1) is 0 Å². The lowest BCUT2D eigenvalue weighted by molar-refractivity contribution is 0.252. The van der Waals surface area contributed by atoms with Crippen molar-refractivity contribution in [2.75, 3.05) is 13.1 Å². The fraction of sp³-hybridized carbons (Fsp3) is 0.625. The lowest BCUT2D eigenvalue weighted by Crippen LogP contribution is -2.44. The number of hydrogen-bond acceptors (Lipinski definition) is 2. The molecule has 1 aliphatic carbocycles. The van der Waals surface area contributed by atoms with Crippen LogP contribution in [0.5, 0.6) is 0 Å². The normalized spacial score (nSPS) is 27.4. The maximum atomic E-state index is 6.13. The molecule has 0 radical (unpaired) electrons. The zero-order chi connectivity index (χ0) is 13.7. The summed E-state index contributed by atoms with van der Waals surface area (Å²) in [5.41, 5.74) is 7.55. The van der Waals surface area contributed by atoms with Gasteiger partial charge in [0.2, 0.25) is 0 Å². The van der Waals surface area contributed by atoms with Crippen molar-refractivity contribution in [2.45, 2.75) is 50.5 Å². The molecule has 19 heavy (non-hydrogen) atoms. The van der Waals surface area contributed by atoms with Gasteiger partial charge in [0.15, 0.2) is 0 Å². The van der Waals surface area contributed by atoms with Crippen molar-refractivity contribution in [3.63, 3.8) is 0 Å². The second kappa shape index (κ2) is 6.74. The average molecular weight is 281 g/mol. The number of rotatable bonds is 5. The fourth-order valence-corrected chi connectivity index (χ4v) is 3.34. The van der Waals surface area contributed by atoms with E-state index in [0.717, 1.165) is 24.4 Å². The number of nitrogens with two attached hydrogens (primary N) is 1. The summed E-state index contributed by atoms with van der Waals surface area (Å²) in [7, 11) is 0. The van der Waals surface area contributed by atoms with Crippen LogP contribution in [-0.4, -0.2) is 19.1 Å². The third-order valence-corrected chi connectivity index (χ3v) is 4.69. The number of halogens is 1. The van der Waals surface area contributed by atoms with E-state index in [1.807, 2.05) is 12.1 Å². The molecule has 106 valence electrons. The number of hydrogen-bond donors (Lipinski definition) is 2. The Balaban J connectivity index is 2.05. The summed E-state index contributed by atoms with van der Waals surface area (Å²) in [6.07, 6.45) is 5.94. The highest BCUT2D eigenvalue weighted by Crippen LogP contribution is 2.39. The molecule has 2 nitrogen and oxygen atoms in total. The van der Waals surface area contributed by atoms with Gasteiger partial charge in [0.05, 0.1) is 0 Å². The molecule has 0 amide bonds. The molecule has 0 bridgehead atoms. The summed E-state index contributed by atoms with van der Waals surface area (Å²) < 4.78 is 0. The molecule has 0 heterocycles. The fourth-order valence-electron chi connectivity index (χ4n) is 3.15. The third kappa shape index (κ3) is 3.50. The lowest BCUT2D eigenvalue weighted by Gasteiger charge is -2.40. The molecule has 0 aliphatic heterocycles. The lowest BCUT2D eigenvalue weighted by atomic mass is 9.68. The van der Waals surface area contributed by atoms with Crippen molar-refractivity contribution in [1.82, 2.24) is 5.32 Å². The zero-order valence-corrected chi connectivity index (χ0v) is 12.5. The van der Waals surface area contributed by atoms with Crippen molar-refractivity contribution in [2.24, 2.45) is 5.73 Å². The van der Waals surface area contributed by atoms with E-state index in [-0.39, 0.29) is 5.41 Å². The molecule has 3 heteroatoms. The van der Waals surface area contributed by atoms with Gasteiger partial charge in [0, 0.05) is 23.0 Å². The van der Waals surface area contributed by atoms with Gasteiger partial charge in [-0.3, -0.25) is 0 Å². The van der Waals surface area contributed by atoms with E-state index in [1.54, 1.807) is 0 Å². The second-order valence-corrected chi connectivity index (χ2v) is 6.16. The van der Waals surface area contributed by atoms with E-state index in [0.29, 0.717) is 12.6 Å². The van der Waals surface area contributed by atoms with Gasteiger partial charge in [-0.25, -0.2) is 0 Å². The Kier molecular flexibility index (Phi) is 5.26. The molecule has 1 fully saturated rings. The Morgan fingerprint density at radius 3 is 2.68 bits per heavy atom. The minimum absolute atomic E-state index is 0.134. The highest BCUT2D eigenvalue weighted by molar-refractivity contribution is 6.30. The average Bonchev–Trinajstić information content (AvgIpc) is 2.46. The van der Waals surface area contributed by atoms with Crippen LogP contribution in [-0.2, 0) is 5.41 Å². The summed E-state index contributed by atoms with van der Waals surface area (Å²) in [4.78, 5) is 0. The molecular weight excluding hydrogens is 256 g/mol. The van der Waals surface area contributed by atoms with Gasteiger partial charge in [0.25, 0.3) is 0 Å². The van der Waals surface area contributed by atoms with E-state index < -0.39 is 0 Å². The van der Waals surface area contributed by atoms with Gasteiger partial charge in [-0.2, -0.15) is 0 Å². The van der Waals surface area contributed by atoms with E-state index in [4.69, 9.17) is 17.3 Å². The largest absolute Gasteiger partial charge is 0.330 e. The van der Waals surface area contributed by atoms with Gasteiger partial charge in [-0.1, -0.05) is 30.7 Å². The molecular formula is C16H25ClN2. The third-order valence-electron chi connectivity index (χ3n) is 4.45. The molecule has 3 N–H and O–H groups in total. The number of benzene rings is 1. The Labute approximate surface area is 121 Å². The summed E-state index contributed by atoms with van der Waals surface area (Å²) in [6.45, 7) is 4.05. The van der Waals surface area contributed by atoms with Crippen molar-refractivity contribution in [3.05, 3.63) is 34.9 Å². The molecule has 1 aliphatic rings. The van der Waals surface area contributed by atoms with Crippen molar-refractivity contribution in [1.29, 1.82) is 0 Å². The first-order valence-electron chi connectivity index (χ1n) is 7.40. The van der Waals surface area contributed by atoms with Crippen LogP contribution in [0.25, 0.3) is 0 Å². The quantitative estimate of drug-likeness (QED) is 0.867. The van der Waals surface area contributed by atoms with Crippen LogP contribution in [0.2, 0.25) is 5.02 Å². The zero-order valence-electron chi connectivity index (χ0n) is 11.8. The van der Waals surface area contributed by atoms with Crippen LogP contribution in [0.4, 0.5) is 0 Å². The highest BCUT2D eigenvalue weighted by atomic mass is 35.5. The predicted molar refractivity (Wildman–Crippen MR) is 82.7 cm³/mol. The van der Waals surface area contributed by atoms with Crippen LogP contribution < -0.4 is 11.1 Å². The van der Waals surface area contributed by atoms with Gasteiger partial charge < -0.3 is 11.1 Å². The molecule has 1 aromatic carbocycles. The summed E-state index contributed by atoms with van der Waals surface area (Å²) in [6, 6.07) is 8.91. The molecule has 1 aromatic rings. The van der Waals surface area contributed by atoms with E-state index in [9.17, 15) is 0 Å². The van der Waals surface area contributed by atoms with Gasteiger partial charge >= 0.3 is 0 Å². The van der Waals surface area contributed by atoms with E-state index >= 15 is 0 Å². The number of nitrogens with one attached hydrogen (secondary N) is 1. The van der Waals surface area contributed by atoms with Crippen LogP contribution in [0, 0.1) is 0 Å². The second-order valence-electron chi connectivity index (χ2n) is 5.72. The minimum Gasteiger partial charge on any atom is -0.330 e.